The van der Waals surface area contributed by atoms with E-state index in [-0.39, 0.29) is 11.2 Å². The summed E-state index contributed by atoms with van der Waals surface area (Å²) in [6.45, 7) is 4.14. The van der Waals surface area contributed by atoms with Crippen LogP contribution in [0.3, 0.4) is 0 Å². The van der Waals surface area contributed by atoms with E-state index in [0.717, 1.165) is 35.5 Å². The first kappa shape index (κ1) is 17.0. The van der Waals surface area contributed by atoms with Crippen LogP contribution in [0.4, 0.5) is 0 Å². The zero-order valence-electron chi connectivity index (χ0n) is 14.9. The second-order valence-electron chi connectivity index (χ2n) is 7.24. The Bertz CT molecular complexity index is 1110. The predicted molar refractivity (Wildman–Crippen MR) is 106 cm³/mol. The molecule has 0 radical (unpaired) electrons. The molecule has 138 valence electrons. The molecule has 0 N–H and O–H groups in total. The molecule has 5 nitrogen and oxygen atoms in total. The number of nitrogens with zero attached hydrogens (tertiary/aromatic N) is 3. The monoisotopic (exact) mass is 397 g/mol. The smallest absolute Gasteiger partial charge is 0.183 e. The Morgan fingerprint density at radius 1 is 1.22 bits per heavy atom. The number of thiazole rings is 1. The van der Waals surface area contributed by atoms with Gasteiger partial charge in [0.2, 0.25) is 0 Å². The van der Waals surface area contributed by atoms with Crippen LogP contribution in [-0.4, -0.2) is 41.6 Å². The third-order valence-corrected chi connectivity index (χ3v) is 8.84. The molecule has 1 saturated heterocycles. The van der Waals surface area contributed by atoms with Gasteiger partial charge in [-0.05, 0) is 41.8 Å². The number of benzene rings is 1. The van der Waals surface area contributed by atoms with Gasteiger partial charge >= 0.3 is 0 Å². The highest BCUT2D eigenvalue weighted by Gasteiger charge is 2.50. The molecule has 0 spiro atoms. The Morgan fingerprint density at radius 3 is 2.85 bits per heavy atom. The lowest BCUT2D eigenvalue weighted by molar-refractivity contribution is 0.327. The summed E-state index contributed by atoms with van der Waals surface area (Å²) in [6.07, 6.45) is 3.56. The van der Waals surface area contributed by atoms with Crippen LogP contribution in [0.25, 0.3) is 11.1 Å². The van der Waals surface area contributed by atoms with Crippen molar-refractivity contribution in [1.29, 1.82) is 0 Å². The van der Waals surface area contributed by atoms with E-state index in [2.05, 4.69) is 20.9 Å². The second kappa shape index (κ2) is 6.22. The van der Waals surface area contributed by atoms with E-state index in [4.69, 9.17) is 0 Å². The van der Waals surface area contributed by atoms with Crippen LogP contribution in [-0.2, 0) is 16.4 Å². The quantitative estimate of drug-likeness (QED) is 0.679. The molecule has 4 heterocycles. The molecule has 2 atom stereocenters. The van der Waals surface area contributed by atoms with Crippen molar-refractivity contribution in [1.82, 2.24) is 14.9 Å². The number of hydrogen-bond acceptors (Lipinski definition) is 6. The van der Waals surface area contributed by atoms with Crippen LogP contribution in [0.1, 0.15) is 22.1 Å². The summed E-state index contributed by atoms with van der Waals surface area (Å²) >= 11 is 1.64. The lowest BCUT2D eigenvalue weighted by Gasteiger charge is -2.17. The highest BCUT2D eigenvalue weighted by atomic mass is 32.2. The lowest BCUT2D eigenvalue weighted by atomic mass is 9.95. The van der Waals surface area contributed by atoms with Gasteiger partial charge in [-0.1, -0.05) is 12.1 Å². The summed E-state index contributed by atoms with van der Waals surface area (Å²) < 4.78 is 26.2. The Kier molecular flexibility index (Phi) is 3.93. The molecule has 0 amide bonds. The van der Waals surface area contributed by atoms with Gasteiger partial charge < -0.3 is 0 Å². The Balaban J connectivity index is 1.50. The summed E-state index contributed by atoms with van der Waals surface area (Å²) in [5.74, 6) is 0.0369. The van der Waals surface area contributed by atoms with Crippen molar-refractivity contribution >= 4 is 21.2 Å². The Morgan fingerprint density at radius 2 is 2.11 bits per heavy atom. The Hall–Kier alpha value is -2.09. The van der Waals surface area contributed by atoms with Gasteiger partial charge in [0, 0.05) is 42.8 Å². The zero-order valence-corrected chi connectivity index (χ0v) is 16.5. The van der Waals surface area contributed by atoms with Crippen molar-refractivity contribution in [2.75, 3.05) is 13.1 Å². The molecular formula is C20H19N3O2S2. The number of sulfone groups is 1. The minimum atomic E-state index is -3.27. The van der Waals surface area contributed by atoms with Crippen LogP contribution in [0, 0.1) is 6.92 Å². The van der Waals surface area contributed by atoms with Crippen molar-refractivity contribution in [3.8, 4) is 11.1 Å². The van der Waals surface area contributed by atoms with Crippen LogP contribution >= 0.6 is 11.3 Å². The maximum Gasteiger partial charge on any atom is 0.183 e. The first-order valence-electron chi connectivity index (χ1n) is 8.93. The topological polar surface area (TPSA) is 63.2 Å². The number of aromatic nitrogens is 2. The van der Waals surface area contributed by atoms with Gasteiger partial charge in [-0.2, -0.15) is 0 Å². The first-order valence-corrected chi connectivity index (χ1v) is 11.4. The van der Waals surface area contributed by atoms with Gasteiger partial charge in [0.05, 0.1) is 21.3 Å². The standard InChI is InChI=1S/C20H19N3O2S2/c1-13-18(26-12-22-13)10-23-9-17-16-7-14(15-3-2-6-21-8-15)4-5-19(16)27(24,25)20(17)11-23/h2-8,12,17,20H,9-11H2,1H3/t17-,20-/m0/s1. The fraction of sp³-hybridized carbons (Fsp3) is 0.300. The molecule has 0 bridgehead atoms. The molecule has 0 saturated carbocycles. The predicted octanol–water partition coefficient (Wildman–Crippen LogP) is 3.27. The Labute approximate surface area is 162 Å². The molecule has 2 aliphatic rings. The fourth-order valence-corrected chi connectivity index (χ4v) is 7.26. The molecule has 27 heavy (non-hydrogen) atoms. The van der Waals surface area contributed by atoms with Crippen LogP contribution < -0.4 is 0 Å². The van der Waals surface area contributed by atoms with Gasteiger partial charge in [-0.3, -0.25) is 9.88 Å². The van der Waals surface area contributed by atoms with E-state index in [0.29, 0.717) is 11.4 Å². The number of aryl methyl sites for hydroxylation is 1. The molecular weight excluding hydrogens is 378 g/mol. The van der Waals surface area contributed by atoms with Crippen molar-refractivity contribution in [2.24, 2.45) is 0 Å². The van der Waals surface area contributed by atoms with Crippen molar-refractivity contribution < 1.29 is 8.42 Å². The largest absolute Gasteiger partial charge is 0.296 e. The number of fused-ring (bicyclic) bond motifs is 3. The van der Waals surface area contributed by atoms with Crippen molar-refractivity contribution in [3.63, 3.8) is 0 Å². The van der Waals surface area contributed by atoms with Crippen LogP contribution in [0.2, 0.25) is 0 Å². The fourth-order valence-electron chi connectivity index (χ4n) is 4.25. The third kappa shape index (κ3) is 2.72. The lowest BCUT2D eigenvalue weighted by Crippen LogP contribution is -2.25. The van der Waals surface area contributed by atoms with Gasteiger partial charge in [0.25, 0.3) is 0 Å². The highest BCUT2D eigenvalue weighted by Crippen LogP contribution is 2.46. The van der Waals surface area contributed by atoms with Crippen LogP contribution in [0.5, 0.6) is 0 Å². The molecule has 2 aromatic heterocycles. The van der Waals surface area contributed by atoms with E-state index in [1.165, 1.54) is 4.88 Å². The molecule has 1 fully saturated rings. The molecule has 5 rings (SSSR count). The first-order chi connectivity index (χ1) is 13.0. The van der Waals surface area contributed by atoms with Crippen molar-refractivity contribution in [2.45, 2.75) is 29.5 Å². The number of hydrogen-bond donors (Lipinski definition) is 0. The molecule has 7 heteroatoms. The molecule has 0 unspecified atom stereocenters. The third-order valence-electron chi connectivity index (χ3n) is 5.66. The molecule has 0 aliphatic carbocycles. The van der Waals surface area contributed by atoms with E-state index in [1.807, 2.05) is 36.8 Å². The summed E-state index contributed by atoms with van der Waals surface area (Å²) in [5.41, 5.74) is 5.89. The van der Waals surface area contributed by atoms with Gasteiger partial charge in [-0.15, -0.1) is 11.3 Å². The maximum atomic E-state index is 13.1. The molecule has 3 aromatic rings. The maximum absolute atomic E-state index is 13.1. The second-order valence-corrected chi connectivity index (χ2v) is 10.3. The number of rotatable bonds is 3. The minimum absolute atomic E-state index is 0.0369. The summed E-state index contributed by atoms with van der Waals surface area (Å²) in [5, 5.41) is -0.343. The van der Waals surface area contributed by atoms with E-state index in [1.54, 1.807) is 23.6 Å². The van der Waals surface area contributed by atoms with Gasteiger partial charge in [-0.25, -0.2) is 13.4 Å². The van der Waals surface area contributed by atoms with E-state index >= 15 is 0 Å². The van der Waals surface area contributed by atoms with Crippen molar-refractivity contribution in [3.05, 3.63) is 64.4 Å². The zero-order chi connectivity index (χ0) is 18.6. The molecule has 1 aromatic carbocycles. The average Bonchev–Trinajstić information content (AvgIpc) is 3.33. The normalized spacial score (nSPS) is 23.3. The van der Waals surface area contributed by atoms with Gasteiger partial charge in [0.15, 0.2) is 9.84 Å². The van der Waals surface area contributed by atoms with Gasteiger partial charge in [0.1, 0.15) is 0 Å². The highest BCUT2D eigenvalue weighted by molar-refractivity contribution is 7.92. The minimum Gasteiger partial charge on any atom is -0.296 e. The molecule has 2 aliphatic heterocycles. The summed E-state index contributed by atoms with van der Waals surface area (Å²) in [7, 11) is -3.27. The average molecular weight is 398 g/mol. The summed E-state index contributed by atoms with van der Waals surface area (Å²) in [4.78, 5) is 12.5. The van der Waals surface area contributed by atoms with E-state index < -0.39 is 9.84 Å². The SMILES string of the molecule is Cc1ncsc1CN1C[C@H]2c3cc(-c4cccnc4)ccc3S(=O)(=O)[C@H]2C1. The summed E-state index contributed by atoms with van der Waals surface area (Å²) in [6, 6.07) is 9.63. The van der Waals surface area contributed by atoms with E-state index in [9.17, 15) is 8.42 Å². The number of likely N-dealkylation sites (tertiary alicyclic amines) is 1. The van der Waals surface area contributed by atoms with Crippen LogP contribution in [0.15, 0.2) is 53.1 Å². The number of pyridine rings is 1.